The molecule has 0 atom stereocenters. The molecule has 6 rings (SSSR count). The predicted octanol–water partition coefficient (Wildman–Crippen LogP) is 8.38. The molecule has 38 heavy (non-hydrogen) atoms. The summed E-state index contributed by atoms with van der Waals surface area (Å²) >= 11 is 0. The number of aryl methyl sites for hydroxylation is 2. The quantitative estimate of drug-likeness (QED) is 0.227. The minimum absolute atomic E-state index is 0.0633. The van der Waals surface area contributed by atoms with Gasteiger partial charge in [0.15, 0.2) is 11.0 Å². The van der Waals surface area contributed by atoms with Gasteiger partial charge in [0.1, 0.15) is 5.69 Å². The van der Waals surface area contributed by atoms with Crippen LogP contribution in [0.15, 0.2) is 72.9 Å². The Bertz CT molecular complexity index is 1690. The Kier molecular flexibility index (Phi) is 5.61. The van der Waals surface area contributed by atoms with Crippen molar-refractivity contribution in [3.63, 3.8) is 0 Å². The molecule has 192 valence electrons. The van der Waals surface area contributed by atoms with Gasteiger partial charge in [0.25, 0.3) is 5.82 Å². The van der Waals surface area contributed by atoms with Gasteiger partial charge in [-0.25, -0.2) is 4.57 Å². The summed E-state index contributed by atoms with van der Waals surface area (Å²) in [6.07, 6.45) is 1.92. The van der Waals surface area contributed by atoms with Crippen LogP contribution >= 0.6 is 0 Å². The maximum atomic E-state index is 4.87. The summed E-state index contributed by atoms with van der Waals surface area (Å²) in [5.41, 5.74) is 14.1. The summed E-state index contributed by atoms with van der Waals surface area (Å²) in [7, 11) is 2.21. The highest BCUT2D eigenvalue weighted by Gasteiger charge is 2.38. The number of rotatable bonds is 4. The number of aromatic nitrogens is 3. The van der Waals surface area contributed by atoms with Gasteiger partial charge in [-0.1, -0.05) is 84.0 Å². The summed E-state index contributed by atoms with van der Waals surface area (Å²) in [4.78, 5) is 4.87. The lowest BCUT2D eigenvalue weighted by atomic mass is 9.82. The first kappa shape index (κ1) is 24.6. The number of nitrogens with zero attached hydrogens (tertiary/aromatic N) is 3. The van der Waals surface area contributed by atoms with Gasteiger partial charge >= 0.3 is 0 Å². The summed E-state index contributed by atoms with van der Waals surface area (Å²) in [5.74, 6) is 2.02. The van der Waals surface area contributed by atoms with Crippen LogP contribution in [0, 0.1) is 6.92 Å². The molecule has 5 aromatic rings. The summed E-state index contributed by atoms with van der Waals surface area (Å²) in [6, 6.07) is 24.8. The van der Waals surface area contributed by atoms with Crippen molar-refractivity contribution in [2.75, 3.05) is 0 Å². The van der Waals surface area contributed by atoms with Crippen molar-refractivity contribution in [1.29, 1.82) is 0 Å². The van der Waals surface area contributed by atoms with E-state index in [0.29, 0.717) is 11.8 Å². The molecule has 0 N–H and O–H groups in total. The Labute approximate surface area is 226 Å². The molecule has 0 fully saturated rings. The third-order valence-corrected chi connectivity index (χ3v) is 8.59. The smallest absolute Gasteiger partial charge is 0.256 e. The number of para-hydroxylation sites is 3. The van der Waals surface area contributed by atoms with Crippen LogP contribution in [-0.2, 0) is 12.5 Å². The normalized spacial score (nSPS) is 13.9. The summed E-state index contributed by atoms with van der Waals surface area (Å²) in [6.45, 7) is 16.1. The maximum Gasteiger partial charge on any atom is 0.295 e. The standard InChI is InChI=1S/C35H38N3/c1-21(2)24-13-11-14-25(22(3)4)33(24)38-31-17-10-9-16-30(31)37(8)34(38)26-20-27-29(19-23(26)5)35(6,7)28-15-12-18-36-32(27)28/h9-22H,1-8H3/q+1. The van der Waals surface area contributed by atoms with E-state index in [-0.39, 0.29) is 5.41 Å². The van der Waals surface area contributed by atoms with Crippen molar-refractivity contribution in [3.05, 3.63) is 101 Å². The number of imidazole rings is 1. The molecule has 3 aromatic carbocycles. The molecule has 0 unspecified atom stereocenters. The highest BCUT2D eigenvalue weighted by molar-refractivity contribution is 5.85. The summed E-state index contributed by atoms with van der Waals surface area (Å²) in [5, 5.41) is 0. The van der Waals surface area contributed by atoms with Crippen molar-refractivity contribution in [2.45, 2.75) is 65.7 Å². The van der Waals surface area contributed by atoms with Crippen LogP contribution in [0.5, 0.6) is 0 Å². The zero-order valence-corrected chi connectivity index (χ0v) is 23.9. The van der Waals surface area contributed by atoms with E-state index >= 15 is 0 Å². The first-order chi connectivity index (χ1) is 18.1. The molecule has 3 heteroatoms. The minimum Gasteiger partial charge on any atom is -0.256 e. The molecule has 0 bridgehead atoms. The van der Waals surface area contributed by atoms with E-state index in [0.717, 1.165) is 5.69 Å². The van der Waals surface area contributed by atoms with E-state index in [4.69, 9.17) is 4.98 Å². The average molecular weight is 501 g/mol. The predicted molar refractivity (Wildman–Crippen MR) is 158 cm³/mol. The van der Waals surface area contributed by atoms with Crippen LogP contribution in [0.4, 0.5) is 0 Å². The lowest BCUT2D eigenvalue weighted by Crippen LogP contribution is -2.30. The number of hydrogen-bond donors (Lipinski definition) is 0. The maximum absolute atomic E-state index is 4.87. The van der Waals surface area contributed by atoms with Crippen LogP contribution in [0.1, 0.15) is 81.2 Å². The fourth-order valence-electron chi connectivity index (χ4n) is 6.54. The van der Waals surface area contributed by atoms with Crippen LogP contribution in [0.3, 0.4) is 0 Å². The van der Waals surface area contributed by atoms with Crippen molar-refractivity contribution < 1.29 is 4.57 Å². The minimum atomic E-state index is -0.0633. The second-order valence-corrected chi connectivity index (χ2v) is 12.0. The molecular formula is C35H38N3+. The molecule has 3 nitrogen and oxygen atoms in total. The fraction of sp³-hybridized carbons (Fsp3) is 0.314. The Hall–Kier alpha value is -3.72. The van der Waals surface area contributed by atoms with E-state index in [2.05, 4.69) is 131 Å². The topological polar surface area (TPSA) is 21.7 Å². The number of benzene rings is 3. The lowest BCUT2D eigenvalue weighted by Gasteiger charge is -2.22. The molecule has 1 aliphatic rings. The number of hydrogen-bond acceptors (Lipinski definition) is 1. The third-order valence-electron chi connectivity index (χ3n) is 8.59. The monoisotopic (exact) mass is 500 g/mol. The van der Waals surface area contributed by atoms with Crippen molar-refractivity contribution in [2.24, 2.45) is 7.05 Å². The molecule has 0 radical (unpaired) electrons. The van der Waals surface area contributed by atoms with E-state index in [1.54, 1.807) is 0 Å². The fourth-order valence-corrected chi connectivity index (χ4v) is 6.54. The van der Waals surface area contributed by atoms with Gasteiger partial charge in [-0.2, -0.15) is 4.57 Å². The van der Waals surface area contributed by atoms with Gasteiger partial charge in [0.2, 0.25) is 0 Å². The van der Waals surface area contributed by atoms with Gasteiger partial charge < -0.3 is 0 Å². The second kappa shape index (κ2) is 8.66. The highest BCUT2D eigenvalue weighted by atomic mass is 15.2. The molecular weight excluding hydrogens is 462 g/mol. The van der Waals surface area contributed by atoms with E-state index in [1.807, 2.05) is 6.20 Å². The van der Waals surface area contributed by atoms with Crippen molar-refractivity contribution >= 4 is 11.0 Å². The molecule has 1 aliphatic carbocycles. The zero-order valence-electron chi connectivity index (χ0n) is 23.9. The Morgan fingerprint density at radius 1 is 0.789 bits per heavy atom. The number of pyridine rings is 1. The largest absolute Gasteiger partial charge is 0.295 e. The van der Waals surface area contributed by atoms with Gasteiger partial charge in [-0.3, -0.25) is 4.98 Å². The van der Waals surface area contributed by atoms with Crippen molar-refractivity contribution in [1.82, 2.24) is 9.55 Å². The Morgan fingerprint density at radius 2 is 1.47 bits per heavy atom. The van der Waals surface area contributed by atoms with Crippen LogP contribution in [0.25, 0.3) is 39.4 Å². The first-order valence-electron chi connectivity index (χ1n) is 13.9. The second-order valence-electron chi connectivity index (χ2n) is 12.0. The van der Waals surface area contributed by atoms with Gasteiger partial charge in [-0.05, 0) is 59.7 Å². The number of fused-ring (bicyclic) bond motifs is 4. The SMILES string of the molecule is Cc1cc2c(cc1-c1n(-c3c(C(C)C)cccc3C(C)C)c3ccccc3[n+]1C)-c1ncccc1C2(C)C. The Morgan fingerprint density at radius 3 is 2.16 bits per heavy atom. The lowest BCUT2D eigenvalue weighted by molar-refractivity contribution is -0.633. The molecule has 0 saturated carbocycles. The average Bonchev–Trinajstić information content (AvgIpc) is 3.31. The molecule has 0 amide bonds. The van der Waals surface area contributed by atoms with E-state index in [9.17, 15) is 0 Å². The first-order valence-corrected chi connectivity index (χ1v) is 13.9. The molecule has 0 saturated heterocycles. The Balaban J connectivity index is 1.75. The van der Waals surface area contributed by atoms with Gasteiger partial charge in [-0.15, -0.1) is 0 Å². The van der Waals surface area contributed by atoms with Crippen molar-refractivity contribution in [3.8, 4) is 28.3 Å². The zero-order chi connectivity index (χ0) is 26.9. The van der Waals surface area contributed by atoms with Crippen LogP contribution in [-0.4, -0.2) is 9.55 Å². The van der Waals surface area contributed by atoms with Gasteiger partial charge in [0.05, 0.1) is 18.3 Å². The van der Waals surface area contributed by atoms with E-state index in [1.165, 1.54) is 61.5 Å². The molecule has 0 aliphatic heterocycles. The van der Waals surface area contributed by atoms with E-state index < -0.39 is 0 Å². The molecule has 2 heterocycles. The molecule has 2 aromatic heterocycles. The van der Waals surface area contributed by atoms with Crippen LogP contribution in [0.2, 0.25) is 0 Å². The third kappa shape index (κ3) is 3.41. The van der Waals surface area contributed by atoms with Crippen LogP contribution < -0.4 is 4.57 Å². The van der Waals surface area contributed by atoms with Gasteiger partial charge in [0, 0.05) is 28.3 Å². The highest BCUT2D eigenvalue weighted by Crippen LogP contribution is 2.49. The molecule has 0 spiro atoms. The summed E-state index contributed by atoms with van der Waals surface area (Å²) < 4.78 is 4.92.